The number of furan rings is 1. The van der Waals surface area contributed by atoms with Crippen molar-refractivity contribution in [2.45, 2.75) is 13.5 Å². The van der Waals surface area contributed by atoms with Crippen molar-refractivity contribution < 1.29 is 33.0 Å². The molecule has 1 aliphatic rings. The Bertz CT molecular complexity index is 1290. The molecule has 0 unspecified atom stereocenters. The van der Waals surface area contributed by atoms with E-state index in [0.717, 1.165) is 6.07 Å². The van der Waals surface area contributed by atoms with E-state index < -0.39 is 34.8 Å². The number of carboxylic acids is 1. The minimum absolute atomic E-state index is 0.0170. The first kappa shape index (κ1) is 22.1. The van der Waals surface area contributed by atoms with Crippen LogP contribution in [0.5, 0.6) is 0 Å². The van der Waals surface area contributed by atoms with Gasteiger partial charge in [0.25, 0.3) is 0 Å². The highest BCUT2D eigenvalue weighted by molar-refractivity contribution is 5.95. The molecule has 3 heterocycles. The van der Waals surface area contributed by atoms with Crippen molar-refractivity contribution >= 4 is 34.6 Å². The molecule has 1 aliphatic heterocycles. The van der Waals surface area contributed by atoms with Crippen LogP contribution in [0.3, 0.4) is 0 Å². The molecule has 11 heteroatoms. The number of aromatic carboxylic acids is 1. The van der Waals surface area contributed by atoms with Crippen LogP contribution >= 0.6 is 0 Å². The van der Waals surface area contributed by atoms with Gasteiger partial charge in [-0.15, -0.1) is 0 Å². The zero-order chi connectivity index (χ0) is 23.7. The van der Waals surface area contributed by atoms with E-state index in [1.165, 1.54) is 35.6 Å². The van der Waals surface area contributed by atoms with E-state index in [-0.39, 0.29) is 43.0 Å². The van der Waals surface area contributed by atoms with Gasteiger partial charge in [0.15, 0.2) is 0 Å². The molecule has 0 saturated carbocycles. The molecule has 33 heavy (non-hydrogen) atoms. The van der Waals surface area contributed by atoms with Crippen molar-refractivity contribution in [2.24, 2.45) is 0 Å². The number of carbonyl (C=O) groups is 3. The lowest BCUT2D eigenvalue weighted by Crippen LogP contribution is -2.49. The van der Waals surface area contributed by atoms with E-state index in [2.05, 4.69) is 0 Å². The fraction of sp³-hybridized carbons (Fsp3) is 0.273. The van der Waals surface area contributed by atoms with E-state index in [0.29, 0.717) is 12.1 Å². The maximum atomic E-state index is 14.9. The average molecular weight is 457 g/mol. The monoisotopic (exact) mass is 457 g/mol. The largest absolute Gasteiger partial charge is 0.477 e. The second kappa shape index (κ2) is 8.77. The number of fused-ring (bicyclic) bond motifs is 1. The molecule has 0 spiro atoms. The lowest BCUT2D eigenvalue weighted by Gasteiger charge is -2.35. The van der Waals surface area contributed by atoms with Gasteiger partial charge in [-0.3, -0.25) is 4.79 Å². The van der Waals surface area contributed by atoms with E-state index >= 15 is 0 Å². The Morgan fingerprint density at radius 2 is 1.91 bits per heavy atom. The van der Waals surface area contributed by atoms with Gasteiger partial charge < -0.3 is 28.6 Å². The highest BCUT2D eigenvalue weighted by Gasteiger charge is 2.27. The number of nitrogens with zero attached hydrogens (tertiary/aromatic N) is 3. The number of carbonyl (C=O) groups excluding carboxylic acids is 2. The number of rotatable bonds is 4. The summed E-state index contributed by atoms with van der Waals surface area (Å²) in [5.74, 6) is -3.03. The van der Waals surface area contributed by atoms with Crippen LogP contribution in [0.2, 0.25) is 0 Å². The predicted molar refractivity (Wildman–Crippen MR) is 114 cm³/mol. The zero-order valence-corrected chi connectivity index (χ0v) is 17.6. The van der Waals surface area contributed by atoms with Crippen molar-refractivity contribution in [1.29, 1.82) is 0 Å². The highest BCUT2D eigenvalue weighted by Crippen LogP contribution is 2.26. The van der Waals surface area contributed by atoms with Gasteiger partial charge in [-0.2, -0.15) is 0 Å². The Balaban J connectivity index is 1.53. The summed E-state index contributed by atoms with van der Waals surface area (Å²) in [5, 5.41) is 9.25. The first-order chi connectivity index (χ1) is 15.8. The third-order valence-electron chi connectivity index (χ3n) is 5.50. The molecule has 0 radical (unpaired) electrons. The first-order valence-electron chi connectivity index (χ1n) is 10.2. The molecular weight excluding hydrogens is 437 g/mol. The van der Waals surface area contributed by atoms with Crippen molar-refractivity contribution in [3.05, 3.63) is 64.1 Å². The quantitative estimate of drug-likeness (QED) is 0.469. The molecule has 172 valence electrons. The number of pyridine rings is 1. The van der Waals surface area contributed by atoms with Gasteiger partial charge in [-0.05, 0) is 31.2 Å². The molecule has 4 rings (SSSR count). The van der Waals surface area contributed by atoms with Crippen LogP contribution in [0, 0.1) is 5.82 Å². The van der Waals surface area contributed by atoms with Crippen LogP contribution in [-0.4, -0.2) is 58.8 Å². The number of piperazine rings is 1. The standard InChI is InChI=1S/C22H20FN3O7/c1-2-24-12-14(20(28)29)19(27)13-10-15(23)17(11-16(13)24)25-5-7-26(8-6-25)22(31)33-21(30)18-4-3-9-32-18/h3-4,9-12H,2,5-8H2,1H3,(H,28,29). The number of hydrogen-bond acceptors (Lipinski definition) is 7. The third-order valence-corrected chi connectivity index (χ3v) is 5.50. The number of amides is 1. The van der Waals surface area contributed by atoms with Crippen LogP contribution < -0.4 is 10.3 Å². The zero-order valence-electron chi connectivity index (χ0n) is 17.6. The number of aromatic nitrogens is 1. The molecule has 2 aromatic heterocycles. The average Bonchev–Trinajstić information content (AvgIpc) is 3.34. The van der Waals surface area contributed by atoms with Gasteiger partial charge in [0.1, 0.15) is 11.4 Å². The number of hydrogen-bond donors (Lipinski definition) is 1. The number of carboxylic acid groups (broad SMARTS) is 1. The fourth-order valence-electron chi connectivity index (χ4n) is 3.77. The SMILES string of the molecule is CCn1cc(C(=O)O)c(=O)c2cc(F)c(N3CCN(C(=O)OC(=O)c4ccco4)CC3)cc21. The summed E-state index contributed by atoms with van der Waals surface area (Å²) in [4.78, 5) is 51.1. The van der Waals surface area contributed by atoms with Gasteiger partial charge in [0, 0.05) is 44.3 Å². The van der Waals surface area contributed by atoms with Gasteiger partial charge in [-0.1, -0.05) is 0 Å². The number of ether oxygens (including phenoxy) is 1. The summed E-state index contributed by atoms with van der Waals surface area (Å²) in [5.41, 5.74) is -0.532. The molecule has 0 aliphatic carbocycles. The number of esters is 1. The maximum Gasteiger partial charge on any atom is 0.417 e. The molecule has 1 N–H and O–H groups in total. The second-order valence-corrected chi connectivity index (χ2v) is 7.39. The number of halogens is 1. The number of benzene rings is 1. The number of anilines is 1. The molecule has 0 atom stereocenters. The molecular formula is C22H20FN3O7. The summed E-state index contributed by atoms with van der Waals surface area (Å²) >= 11 is 0. The van der Waals surface area contributed by atoms with E-state index in [1.807, 2.05) is 0 Å². The van der Waals surface area contributed by atoms with Crippen LogP contribution in [0.4, 0.5) is 14.9 Å². The molecule has 0 bridgehead atoms. The number of aryl methyl sites for hydroxylation is 1. The molecule has 1 aromatic carbocycles. The highest BCUT2D eigenvalue weighted by atomic mass is 19.1. The fourth-order valence-corrected chi connectivity index (χ4v) is 3.77. The minimum Gasteiger partial charge on any atom is -0.477 e. The Morgan fingerprint density at radius 3 is 2.52 bits per heavy atom. The molecule has 1 amide bonds. The summed E-state index contributed by atoms with van der Waals surface area (Å²) in [6.45, 7) is 3.05. The van der Waals surface area contributed by atoms with Crippen LogP contribution in [-0.2, 0) is 11.3 Å². The van der Waals surface area contributed by atoms with Crippen molar-refractivity contribution in [2.75, 3.05) is 31.1 Å². The smallest absolute Gasteiger partial charge is 0.417 e. The van der Waals surface area contributed by atoms with Crippen LogP contribution in [0.15, 0.2) is 45.9 Å². The first-order valence-corrected chi connectivity index (χ1v) is 10.2. The molecule has 1 saturated heterocycles. The topological polar surface area (TPSA) is 122 Å². The van der Waals surface area contributed by atoms with Crippen LogP contribution in [0.1, 0.15) is 27.8 Å². The minimum atomic E-state index is -1.37. The second-order valence-electron chi connectivity index (χ2n) is 7.39. The Morgan fingerprint density at radius 1 is 1.18 bits per heavy atom. The van der Waals surface area contributed by atoms with E-state index in [4.69, 9.17) is 9.15 Å². The lowest BCUT2D eigenvalue weighted by atomic mass is 10.1. The van der Waals surface area contributed by atoms with Gasteiger partial charge in [0.05, 0.1) is 17.5 Å². The Kier molecular flexibility index (Phi) is 5.86. The summed E-state index contributed by atoms with van der Waals surface area (Å²) in [7, 11) is 0. The molecule has 1 fully saturated rings. The van der Waals surface area contributed by atoms with Gasteiger partial charge in [0.2, 0.25) is 11.2 Å². The Labute approximate surface area is 186 Å². The van der Waals surface area contributed by atoms with E-state index in [9.17, 15) is 28.7 Å². The normalized spacial score (nSPS) is 13.9. The molecule has 10 nitrogen and oxygen atoms in total. The van der Waals surface area contributed by atoms with Crippen molar-refractivity contribution in [3.63, 3.8) is 0 Å². The lowest BCUT2D eigenvalue weighted by molar-refractivity contribution is 0.0505. The van der Waals surface area contributed by atoms with Crippen molar-refractivity contribution in [3.8, 4) is 0 Å². The molecule has 3 aromatic rings. The maximum absolute atomic E-state index is 14.9. The Hall–Kier alpha value is -4.15. The van der Waals surface area contributed by atoms with Crippen LogP contribution in [0.25, 0.3) is 10.9 Å². The summed E-state index contributed by atoms with van der Waals surface area (Å²) in [6, 6.07) is 5.44. The van der Waals surface area contributed by atoms with E-state index in [1.54, 1.807) is 16.4 Å². The predicted octanol–water partition coefficient (Wildman–Crippen LogP) is 2.55. The summed E-state index contributed by atoms with van der Waals surface area (Å²) in [6.07, 6.45) is 1.72. The van der Waals surface area contributed by atoms with Gasteiger partial charge >= 0.3 is 18.0 Å². The van der Waals surface area contributed by atoms with Gasteiger partial charge in [-0.25, -0.2) is 18.8 Å². The summed E-state index contributed by atoms with van der Waals surface area (Å²) < 4.78 is 26.2. The third kappa shape index (κ3) is 4.16. The van der Waals surface area contributed by atoms with Crippen molar-refractivity contribution in [1.82, 2.24) is 9.47 Å².